The van der Waals surface area contributed by atoms with Crippen LogP contribution in [0.1, 0.15) is 140 Å². The summed E-state index contributed by atoms with van der Waals surface area (Å²) in [5, 5.41) is 0. The van der Waals surface area contributed by atoms with Crippen molar-refractivity contribution in [2.45, 2.75) is 188 Å². The van der Waals surface area contributed by atoms with Crippen molar-refractivity contribution >= 4 is 18.4 Å². The third-order valence-electron chi connectivity index (χ3n) is 13.4. The van der Waals surface area contributed by atoms with Gasteiger partial charge in [-0.05, 0) is 126 Å². The van der Waals surface area contributed by atoms with Gasteiger partial charge < -0.3 is 32.7 Å². The predicted molar refractivity (Wildman–Crippen MR) is 216 cm³/mol. The highest BCUT2D eigenvalue weighted by Crippen LogP contribution is 2.61. The summed E-state index contributed by atoms with van der Waals surface area (Å²) in [5.74, 6) is 1.60. The second-order valence-corrected chi connectivity index (χ2v) is 21.8. The zero-order valence-electron chi connectivity index (χ0n) is 34.7. The lowest BCUT2D eigenvalue weighted by Gasteiger charge is -2.44. The second kappa shape index (κ2) is 16.8. The van der Waals surface area contributed by atoms with Crippen LogP contribution in [0.25, 0.3) is 0 Å². The monoisotopic (exact) mass is 777 g/mol. The summed E-state index contributed by atoms with van der Waals surface area (Å²) in [4.78, 5) is 0. The van der Waals surface area contributed by atoms with Gasteiger partial charge in [0, 0.05) is 13.1 Å². The molecule has 8 nitrogen and oxygen atoms in total. The van der Waals surface area contributed by atoms with Gasteiger partial charge in [-0.3, -0.25) is 0 Å². The second-order valence-electron chi connectivity index (χ2n) is 18.5. The summed E-state index contributed by atoms with van der Waals surface area (Å²) < 4.78 is 47.7. The van der Waals surface area contributed by atoms with Crippen LogP contribution in [0.5, 0.6) is 0 Å². The summed E-state index contributed by atoms with van der Waals surface area (Å²) in [6, 6.07) is 0. The Morgan fingerprint density at radius 2 is 1.68 bits per heavy atom. The highest BCUT2D eigenvalue weighted by Gasteiger charge is 2.60. The van der Waals surface area contributed by atoms with Gasteiger partial charge >= 0.3 is 0 Å². The molecule has 0 aromatic rings. The van der Waals surface area contributed by atoms with Crippen LogP contribution in [0, 0.1) is 29.1 Å². The standard InChI is InChI=1S/C43H72NO7PS/c1-12-44(13-2)52(53,51-38-37(36-27-45-41(7,8)47-36)46-40-39(38)48-42(9,10)49-40)50-33-22-19-29(5)32(26-33)21-20-31-18-15-25-43(11)34(23-24-35(31)43)30(6)17-14-16-28(3)4/h20-21,28,30,33-40H,5,12-19,22-27H2,1-4,6-11H3/b31-20+,32-21-/t30-,33+,34-,35+,36+,37-,38-,39-,40-,43-,52?/m1/s1. The van der Waals surface area contributed by atoms with Crippen molar-refractivity contribution in [2.75, 3.05) is 19.7 Å². The molecule has 3 aliphatic carbocycles. The van der Waals surface area contributed by atoms with Gasteiger partial charge in [-0.1, -0.05) is 90.7 Å². The normalized spacial score (nSPS) is 40.0. The molecule has 3 saturated carbocycles. The smallest absolute Gasteiger partial charge is 0.264 e. The fraction of sp³-hybridized carbons (Fsp3) is 0.860. The number of hydrogen-bond acceptors (Lipinski definition) is 8. The van der Waals surface area contributed by atoms with E-state index in [1.807, 2.05) is 27.7 Å². The molecule has 10 heteroatoms. The van der Waals surface area contributed by atoms with E-state index in [0.717, 1.165) is 37.0 Å². The van der Waals surface area contributed by atoms with Gasteiger partial charge in [0.2, 0.25) is 0 Å². The Morgan fingerprint density at radius 1 is 0.925 bits per heavy atom. The first-order valence-corrected chi connectivity index (χ1v) is 23.7. The Kier molecular flexibility index (Phi) is 13.4. The van der Waals surface area contributed by atoms with E-state index in [0.29, 0.717) is 31.0 Å². The van der Waals surface area contributed by atoms with Gasteiger partial charge in [0.05, 0.1) is 12.7 Å². The van der Waals surface area contributed by atoms with E-state index in [1.54, 1.807) is 5.57 Å². The molecule has 53 heavy (non-hydrogen) atoms. The molecule has 0 bridgehead atoms. The zero-order chi connectivity index (χ0) is 38.3. The van der Waals surface area contributed by atoms with E-state index in [1.165, 1.54) is 62.5 Å². The van der Waals surface area contributed by atoms with Crippen molar-refractivity contribution in [3.8, 4) is 0 Å². The maximum absolute atomic E-state index is 7.10. The molecule has 302 valence electrons. The van der Waals surface area contributed by atoms with Crippen LogP contribution in [0.4, 0.5) is 0 Å². The molecule has 3 saturated heterocycles. The van der Waals surface area contributed by atoms with E-state index >= 15 is 0 Å². The molecule has 6 rings (SSSR count). The fourth-order valence-electron chi connectivity index (χ4n) is 10.6. The molecule has 3 aliphatic heterocycles. The lowest BCUT2D eigenvalue weighted by atomic mass is 9.60. The molecule has 1 unspecified atom stereocenters. The summed E-state index contributed by atoms with van der Waals surface area (Å²) in [6.45, 7) is 25.1. The zero-order valence-corrected chi connectivity index (χ0v) is 36.4. The summed E-state index contributed by atoms with van der Waals surface area (Å²) in [6.07, 6.45) is 15.6. The van der Waals surface area contributed by atoms with Crippen LogP contribution in [0.15, 0.2) is 35.5 Å². The lowest BCUT2D eigenvalue weighted by molar-refractivity contribution is -0.230. The Morgan fingerprint density at radius 3 is 2.36 bits per heavy atom. The third kappa shape index (κ3) is 9.32. The minimum absolute atomic E-state index is 0.0745. The largest absolute Gasteiger partial charge is 0.348 e. The number of allylic oxidation sites excluding steroid dienone is 4. The molecule has 6 aliphatic rings. The molecule has 11 atom stereocenters. The molecule has 6 fully saturated rings. The fourth-order valence-corrected chi connectivity index (χ4v) is 14.1. The average Bonchev–Trinajstić information content (AvgIpc) is 3.80. The van der Waals surface area contributed by atoms with E-state index in [2.05, 4.69) is 64.9 Å². The molecule has 0 aromatic carbocycles. The first kappa shape index (κ1) is 42.2. The topological polar surface area (TPSA) is 67.9 Å². The van der Waals surface area contributed by atoms with Crippen molar-refractivity contribution in [1.29, 1.82) is 0 Å². The van der Waals surface area contributed by atoms with Crippen LogP contribution >= 0.6 is 6.64 Å². The molecular weight excluding hydrogens is 706 g/mol. The van der Waals surface area contributed by atoms with Crippen LogP contribution in [-0.2, 0) is 44.5 Å². The van der Waals surface area contributed by atoms with Gasteiger partial charge in [-0.2, -0.15) is 0 Å². The maximum atomic E-state index is 7.10. The average molecular weight is 778 g/mol. The van der Waals surface area contributed by atoms with Gasteiger partial charge in [0.15, 0.2) is 17.9 Å². The van der Waals surface area contributed by atoms with Crippen molar-refractivity contribution in [1.82, 2.24) is 4.67 Å². The van der Waals surface area contributed by atoms with Crippen LogP contribution in [-0.4, -0.2) is 72.8 Å². The molecule has 3 heterocycles. The van der Waals surface area contributed by atoms with Gasteiger partial charge in [0.1, 0.15) is 24.4 Å². The van der Waals surface area contributed by atoms with E-state index < -0.39 is 42.8 Å². The van der Waals surface area contributed by atoms with E-state index in [4.69, 9.17) is 44.5 Å². The van der Waals surface area contributed by atoms with Crippen molar-refractivity contribution in [2.24, 2.45) is 29.1 Å². The van der Waals surface area contributed by atoms with E-state index in [-0.39, 0.29) is 12.2 Å². The van der Waals surface area contributed by atoms with Crippen LogP contribution in [0.3, 0.4) is 0 Å². The molecule has 0 aromatic heterocycles. The first-order valence-electron chi connectivity index (χ1n) is 21.1. The molecule has 0 amide bonds. The highest BCUT2D eigenvalue weighted by molar-refractivity contribution is 8.08. The molecular formula is C43H72NO7PS. The third-order valence-corrected chi connectivity index (χ3v) is 16.9. The van der Waals surface area contributed by atoms with Crippen molar-refractivity contribution in [3.05, 3.63) is 35.5 Å². The Balaban J connectivity index is 1.18. The molecule has 0 radical (unpaired) electrons. The predicted octanol–water partition coefficient (Wildman–Crippen LogP) is 10.6. The minimum Gasteiger partial charge on any atom is -0.348 e. The van der Waals surface area contributed by atoms with Gasteiger partial charge in [-0.25, -0.2) is 4.67 Å². The number of rotatable bonds is 14. The Labute approximate surface area is 327 Å². The maximum Gasteiger partial charge on any atom is 0.264 e. The van der Waals surface area contributed by atoms with Gasteiger partial charge in [0.25, 0.3) is 6.64 Å². The number of fused-ring (bicyclic) bond motifs is 2. The Hall–Kier alpha value is -0.450. The summed E-state index contributed by atoms with van der Waals surface area (Å²) in [7, 11) is 0. The van der Waals surface area contributed by atoms with Crippen molar-refractivity contribution < 1.29 is 32.7 Å². The first-order chi connectivity index (χ1) is 25.0. The highest BCUT2D eigenvalue weighted by atomic mass is 32.5. The van der Waals surface area contributed by atoms with Crippen molar-refractivity contribution in [3.63, 3.8) is 0 Å². The van der Waals surface area contributed by atoms with E-state index in [9.17, 15) is 0 Å². The number of ether oxygens (including phenoxy) is 5. The summed E-state index contributed by atoms with van der Waals surface area (Å²) >= 11 is 6.51. The minimum atomic E-state index is -3.01. The summed E-state index contributed by atoms with van der Waals surface area (Å²) in [5.41, 5.74) is 4.57. The number of hydrogen-bond donors (Lipinski definition) is 0. The quantitative estimate of drug-likeness (QED) is 0.160. The van der Waals surface area contributed by atoms with Crippen LogP contribution in [0.2, 0.25) is 0 Å². The number of nitrogens with zero attached hydrogens (tertiary/aromatic N) is 1. The lowest BCUT2D eigenvalue weighted by Crippen LogP contribution is -2.45. The SMILES string of the molecule is C=C1CC[C@H](OP(=S)(O[C@H]2[C@H]3OC(C)(C)O[C@H]3O[C@@H]2[C@@H]2COC(C)(C)O2)N(CC)CC)C/C1=C/C=C1\CCC[C@]2(C)[C@@H]([C@H](C)CCCC(C)C)CC[C@@H]12. The molecule has 0 spiro atoms. The Bertz CT molecular complexity index is 1410. The molecule has 0 N–H and O–H groups in total. The van der Waals surface area contributed by atoms with Gasteiger partial charge in [-0.15, -0.1) is 0 Å². The van der Waals surface area contributed by atoms with Crippen LogP contribution < -0.4 is 0 Å².